The second-order valence-electron chi connectivity index (χ2n) is 8.56. The average molecular weight is 384 g/mol. The molecule has 0 aromatic carbocycles. The molecule has 158 valence electrons. The molecule has 0 aromatic rings. The number of rotatable bonds is 8. The molecule has 2 unspecified atom stereocenters. The fraction of sp³-hybridized carbons (Fsp3) is 0.950. The summed E-state index contributed by atoms with van der Waals surface area (Å²) in [4.78, 5) is 9.48. The van der Waals surface area contributed by atoms with Gasteiger partial charge < -0.3 is 25.4 Å². The molecule has 0 saturated carbocycles. The SMILES string of the molecule is CCNC(=NCC(C)(O)CN1CCOCC1)NCC1CCCN(C(C)C)C1. The monoisotopic (exact) mass is 383 g/mol. The molecule has 3 N–H and O–H groups in total. The third-order valence-corrected chi connectivity index (χ3v) is 5.43. The minimum Gasteiger partial charge on any atom is -0.387 e. The molecular formula is C20H41N5O2. The number of likely N-dealkylation sites (tertiary alicyclic amines) is 1. The quantitative estimate of drug-likeness (QED) is 0.424. The molecule has 2 heterocycles. The van der Waals surface area contributed by atoms with Gasteiger partial charge in [0, 0.05) is 45.3 Å². The predicted molar refractivity (Wildman–Crippen MR) is 111 cm³/mol. The maximum absolute atomic E-state index is 10.7. The van der Waals surface area contributed by atoms with Gasteiger partial charge in [0.1, 0.15) is 0 Å². The molecule has 0 spiro atoms. The normalized spacial score (nSPS) is 25.4. The summed E-state index contributed by atoms with van der Waals surface area (Å²) in [6.07, 6.45) is 2.54. The van der Waals surface area contributed by atoms with E-state index in [0.717, 1.165) is 51.9 Å². The number of ether oxygens (including phenoxy) is 1. The molecule has 2 saturated heterocycles. The summed E-state index contributed by atoms with van der Waals surface area (Å²) in [7, 11) is 0. The van der Waals surface area contributed by atoms with E-state index >= 15 is 0 Å². The fourth-order valence-corrected chi connectivity index (χ4v) is 3.86. The summed E-state index contributed by atoms with van der Waals surface area (Å²) in [6, 6.07) is 0.616. The van der Waals surface area contributed by atoms with Gasteiger partial charge in [-0.15, -0.1) is 0 Å². The summed E-state index contributed by atoms with van der Waals surface area (Å²) in [6.45, 7) is 16.9. The number of guanidine groups is 1. The second kappa shape index (κ2) is 11.2. The van der Waals surface area contributed by atoms with E-state index in [9.17, 15) is 5.11 Å². The highest BCUT2D eigenvalue weighted by atomic mass is 16.5. The number of aliphatic hydroxyl groups is 1. The molecule has 2 aliphatic heterocycles. The van der Waals surface area contributed by atoms with E-state index in [2.05, 4.69) is 46.2 Å². The zero-order valence-corrected chi connectivity index (χ0v) is 17.8. The Labute approximate surface area is 165 Å². The lowest BCUT2D eigenvalue weighted by Gasteiger charge is -2.35. The Bertz CT molecular complexity index is 450. The summed E-state index contributed by atoms with van der Waals surface area (Å²) in [5, 5.41) is 17.6. The van der Waals surface area contributed by atoms with Crippen molar-refractivity contribution in [1.82, 2.24) is 20.4 Å². The Morgan fingerprint density at radius 3 is 2.67 bits per heavy atom. The van der Waals surface area contributed by atoms with Crippen molar-refractivity contribution in [2.75, 3.05) is 65.6 Å². The number of nitrogens with one attached hydrogen (secondary N) is 2. The van der Waals surface area contributed by atoms with Crippen LogP contribution in [-0.2, 0) is 4.74 Å². The molecule has 2 rings (SSSR count). The number of hydrogen-bond donors (Lipinski definition) is 3. The predicted octanol–water partition coefficient (Wildman–Crippen LogP) is 0.745. The van der Waals surface area contributed by atoms with Crippen LogP contribution < -0.4 is 10.6 Å². The Hall–Kier alpha value is -0.890. The number of aliphatic imine (C=N–C) groups is 1. The van der Waals surface area contributed by atoms with Gasteiger partial charge in [0.25, 0.3) is 0 Å². The van der Waals surface area contributed by atoms with Crippen LogP contribution >= 0.6 is 0 Å². The number of piperidine rings is 1. The van der Waals surface area contributed by atoms with E-state index in [1.165, 1.54) is 19.4 Å². The minimum absolute atomic E-state index is 0.391. The third-order valence-electron chi connectivity index (χ3n) is 5.43. The highest BCUT2D eigenvalue weighted by Crippen LogP contribution is 2.17. The summed E-state index contributed by atoms with van der Waals surface area (Å²) in [5.74, 6) is 1.46. The standard InChI is InChI=1S/C20H41N5O2/c1-5-21-19(22-13-18-7-6-8-25(14-18)17(2)3)23-15-20(4,26)16-24-9-11-27-12-10-24/h17-18,26H,5-16H2,1-4H3,(H2,21,22,23). The number of β-amino-alcohol motifs (C(OH)–C–C–N with tert-alkyl or cyclic N) is 1. The molecule has 0 radical (unpaired) electrons. The molecule has 2 atom stereocenters. The lowest BCUT2D eigenvalue weighted by molar-refractivity contribution is -0.0180. The van der Waals surface area contributed by atoms with Crippen LogP contribution in [0, 0.1) is 5.92 Å². The zero-order valence-electron chi connectivity index (χ0n) is 17.8. The van der Waals surface area contributed by atoms with Crippen LogP contribution in [-0.4, -0.2) is 98.1 Å². The number of hydrogen-bond acceptors (Lipinski definition) is 5. The van der Waals surface area contributed by atoms with Crippen LogP contribution in [0.2, 0.25) is 0 Å². The van der Waals surface area contributed by atoms with Gasteiger partial charge in [-0.3, -0.25) is 9.89 Å². The zero-order chi connectivity index (χ0) is 19.7. The first-order valence-corrected chi connectivity index (χ1v) is 10.7. The van der Waals surface area contributed by atoms with E-state index in [-0.39, 0.29) is 0 Å². The number of nitrogens with zero attached hydrogens (tertiary/aromatic N) is 3. The molecular weight excluding hydrogens is 342 g/mol. The van der Waals surface area contributed by atoms with Crippen LogP contribution in [0.3, 0.4) is 0 Å². The van der Waals surface area contributed by atoms with Crippen LogP contribution in [0.5, 0.6) is 0 Å². The van der Waals surface area contributed by atoms with Crippen molar-refractivity contribution in [2.24, 2.45) is 10.9 Å². The van der Waals surface area contributed by atoms with Crippen molar-refractivity contribution in [3.8, 4) is 0 Å². The van der Waals surface area contributed by atoms with E-state index in [1.54, 1.807) is 0 Å². The van der Waals surface area contributed by atoms with Gasteiger partial charge in [-0.25, -0.2) is 0 Å². The summed E-state index contributed by atoms with van der Waals surface area (Å²) >= 11 is 0. The van der Waals surface area contributed by atoms with Crippen LogP contribution in [0.1, 0.15) is 40.5 Å². The Kier molecular flexibility index (Phi) is 9.29. The van der Waals surface area contributed by atoms with E-state index in [4.69, 9.17) is 4.74 Å². The van der Waals surface area contributed by atoms with Crippen LogP contribution in [0.15, 0.2) is 4.99 Å². The first-order valence-electron chi connectivity index (χ1n) is 10.7. The second-order valence-corrected chi connectivity index (χ2v) is 8.56. The Balaban J connectivity index is 1.81. The van der Waals surface area contributed by atoms with Crippen molar-refractivity contribution in [3.63, 3.8) is 0 Å². The van der Waals surface area contributed by atoms with Gasteiger partial charge in [0.15, 0.2) is 5.96 Å². The fourth-order valence-electron chi connectivity index (χ4n) is 3.86. The van der Waals surface area contributed by atoms with E-state index in [0.29, 0.717) is 25.0 Å². The lowest BCUT2D eigenvalue weighted by Crippen LogP contribution is -2.49. The Morgan fingerprint density at radius 1 is 1.26 bits per heavy atom. The van der Waals surface area contributed by atoms with E-state index < -0.39 is 5.60 Å². The van der Waals surface area contributed by atoms with E-state index in [1.807, 2.05) is 6.92 Å². The van der Waals surface area contributed by atoms with Crippen molar-refractivity contribution in [2.45, 2.75) is 52.2 Å². The molecule has 0 aromatic heterocycles. The maximum atomic E-state index is 10.7. The van der Waals surface area contributed by atoms with Crippen molar-refractivity contribution < 1.29 is 9.84 Å². The molecule has 7 heteroatoms. The van der Waals surface area contributed by atoms with Crippen molar-refractivity contribution in [3.05, 3.63) is 0 Å². The minimum atomic E-state index is -0.834. The molecule has 2 fully saturated rings. The topological polar surface area (TPSA) is 72.4 Å². The van der Waals surface area contributed by atoms with Crippen LogP contribution in [0.4, 0.5) is 0 Å². The van der Waals surface area contributed by atoms with Crippen LogP contribution in [0.25, 0.3) is 0 Å². The molecule has 0 aliphatic carbocycles. The average Bonchev–Trinajstić information content (AvgIpc) is 2.64. The van der Waals surface area contributed by atoms with Crippen molar-refractivity contribution in [1.29, 1.82) is 0 Å². The highest BCUT2D eigenvalue weighted by Gasteiger charge is 2.26. The van der Waals surface area contributed by atoms with Gasteiger partial charge in [0.05, 0.1) is 25.4 Å². The maximum Gasteiger partial charge on any atom is 0.191 e. The Morgan fingerprint density at radius 2 is 2.00 bits per heavy atom. The van der Waals surface area contributed by atoms with Gasteiger partial charge in [0.2, 0.25) is 0 Å². The van der Waals surface area contributed by atoms with Gasteiger partial charge in [-0.05, 0) is 53.0 Å². The largest absolute Gasteiger partial charge is 0.387 e. The molecule has 0 amide bonds. The first kappa shape index (κ1) is 22.4. The summed E-state index contributed by atoms with van der Waals surface area (Å²) < 4.78 is 5.38. The third kappa shape index (κ3) is 8.34. The molecule has 0 bridgehead atoms. The summed E-state index contributed by atoms with van der Waals surface area (Å²) in [5.41, 5.74) is -0.834. The van der Waals surface area contributed by atoms with Gasteiger partial charge >= 0.3 is 0 Å². The van der Waals surface area contributed by atoms with Crippen molar-refractivity contribution >= 4 is 5.96 Å². The highest BCUT2D eigenvalue weighted by molar-refractivity contribution is 5.79. The first-order chi connectivity index (χ1) is 12.9. The molecule has 7 nitrogen and oxygen atoms in total. The molecule has 2 aliphatic rings. The van der Waals surface area contributed by atoms with Gasteiger partial charge in [-0.1, -0.05) is 0 Å². The smallest absolute Gasteiger partial charge is 0.191 e. The molecule has 27 heavy (non-hydrogen) atoms. The lowest BCUT2D eigenvalue weighted by atomic mass is 9.97. The number of morpholine rings is 1. The van der Waals surface area contributed by atoms with Gasteiger partial charge in [-0.2, -0.15) is 0 Å².